The standard InChI is InChI=1S/C11H13N3S2/c12-10-8(14-7-3-4-15-5-7)1-2-9-11(10)13-6-16-9/h1-2,6-7,14H,3-5,12H2. The Hall–Kier alpha value is -0.940. The van der Waals surface area contributed by atoms with Crippen molar-refractivity contribution >= 4 is 44.7 Å². The van der Waals surface area contributed by atoms with Crippen molar-refractivity contribution in [2.75, 3.05) is 22.6 Å². The predicted octanol–water partition coefficient (Wildman–Crippen LogP) is 2.80. The number of fused-ring (bicyclic) bond motifs is 1. The van der Waals surface area contributed by atoms with E-state index in [-0.39, 0.29) is 0 Å². The first-order valence-corrected chi connectivity index (χ1v) is 7.34. The van der Waals surface area contributed by atoms with Gasteiger partial charge in [0, 0.05) is 11.8 Å². The molecule has 2 heterocycles. The zero-order valence-corrected chi connectivity index (χ0v) is 10.4. The van der Waals surface area contributed by atoms with Gasteiger partial charge < -0.3 is 11.1 Å². The first-order chi connectivity index (χ1) is 7.84. The maximum absolute atomic E-state index is 6.12. The highest BCUT2D eigenvalue weighted by Gasteiger charge is 2.16. The van der Waals surface area contributed by atoms with Crippen LogP contribution in [0.1, 0.15) is 6.42 Å². The number of nitrogens with two attached hydrogens (primary N) is 1. The number of benzene rings is 1. The monoisotopic (exact) mass is 251 g/mol. The second kappa shape index (κ2) is 4.14. The van der Waals surface area contributed by atoms with E-state index < -0.39 is 0 Å². The molecule has 1 atom stereocenters. The Morgan fingerprint density at radius 3 is 3.19 bits per heavy atom. The quantitative estimate of drug-likeness (QED) is 0.806. The fourth-order valence-corrected chi connectivity index (χ4v) is 3.79. The number of nitrogen functional groups attached to an aromatic ring is 1. The smallest absolute Gasteiger partial charge is 0.106 e. The minimum atomic E-state index is 0.559. The minimum Gasteiger partial charge on any atom is -0.395 e. The molecule has 16 heavy (non-hydrogen) atoms. The molecule has 0 amide bonds. The average Bonchev–Trinajstić information content (AvgIpc) is 2.93. The van der Waals surface area contributed by atoms with E-state index in [0.29, 0.717) is 6.04 Å². The number of anilines is 2. The molecule has 0 aliphatic carbocycles. The van der Waals surface area contributed by atoms with Crippen LogP contribution < -0.4 is 11.1 Å². The SMILES string of the molecule is Nc1c(NC2CCSC2)ccc2scnc12. The molecule has 1 unspecified atom stereocenters. The third kappa shape index (κ3) is 1.74. The highest BCUT2D eigenvalue weighted by atomic mass is 32.2. The van der Waals surface area contributed by atoms with Gasteiger partial charge in [-0.05, 0) is 24.3 Å². The van der Waals surface area contributed by atoms with Crippen molar-refractivity contribution in [2.24, 2.45) is 0 Å². The molecule has 3 nitrogen and oxygen atoms in total. The van der Waals surface area contributed by atoms with Crippen LogP contribution in [0.2, 0.25) is 0 Å². The van der Waals surface area contributed by atoms with E-state index in [9.17, 15) is 0 Å². The van der Waals surface area contributed by atoms with Gasteiger partial charge in [0.2, 0.25) is 0 Å². The Morgan fingerprint density at radius 2 is 2.38 bits per heavy atom. The first kappa shape index (κ1) is 10.2. The van der Waals surface area contributed by atoms with E-state index in [4.69, 9.17) is 5.73 Å². The van der Waals surface area contributed by atoms with Crippen LogP contribution in [0.15, 0.2) is 17.6 Å². The van der Waals surface area contributed by atoms with Gasteiger partial charge in [0.1, 0.15) is 5.52 Å². The summed E-state index contributed by atoms with van der Waals surface area (Å²) in [5.74, 6) is 2.42. The lowest BCUT2D eigenvalue weighted by atomic mass is 10.2. The molecule has 1 saturated heterocycles. The molecule has 1 aliphatic rings. The fourth-order valence-electron chi connectivity index (χ4n) is 1.95. The van der Waals surface area contributed by atoms with Crippen molar-refractivity contribution in [2.45, 2.75) is 12.5 Å². The Balaban J connectivity index is 1.93. The molecular formula is C11H13N3S2. The van der Waals surface area contributed by atoms with Gasteiger partial charge in [-0.1, -0.05) is 0 Å². The molecule has 3 N–H and O–H groups in total. The van der Waals surface area contributed by atoms with Crippen LogP contribution in [0.4, 0.5) is 11.4 Å². The van der Waals surface area contributed by atoms with Crippen LogP contribution >= 0.6 is 23.1 Å². The van der Waals surface area contributed by atoms with E-state index in [1.807, 2.05) is 17.3 Å². The highest BCUT2D eigenvalue weighted by Crippen LogP contribution is 2.31. The molecule has 1 fully saturated rings. The van der Waals surface area contributed by atoms with Gasteiger partial charge >= 0.3 is 0 Å². The Labute approximate surface area is 102 Å². The van der Waals surface area contributed by atoms with E-state index in [2.05, 4.69) is 22.4 Å². The van der Waals surface area contributed by atoms with Crippen LogP contribution in [0, 0.1) is 0 Å². The first-order valence-electron chi connectivity index (χ1n) is 5.30. The normalized spacial score (nSPS) is 20.4. The lowest BCUT2D eigenvalue weighted by molar-refractivity contribution is 0.814. The van der Waals surface area contributed by atoms with Gasteiger partial charge in [0.25, 0.3) is 0 Å². The summed E-state index contributed by atoms with van der Waals surface area (Å²) in [6.07, 6.45) is 1.22. The van der Waals surface area contributed by atoms with Gasteiger partial charge in [0.05, 0.1) is 21.6 Å². The third-order valence-corrected chi connectivity index (χ3v) is 4.79. The van der Waals surface area contributed by atoms with Crippen LogP contribution in [0.25, 0.3) is 10.2 Å². The largest absolute Gasteiger partial charge is 0.395 e. The van der Waals surface area contributed by atoms with Crippen LogP contribution in [-0.4, -0.2) is 22.5 Å². The number of thioether (sulfide) groups is 1. The number of nitrogens with zero attached hydrogens (tertiary/aromatic N) is 1. The van der Waals surface area contributed by atoms with E-state index in [1.165, 1.54) is 17.9 Å². The number of rotatable bonds is 2. The van der Waals surface area contributed by atoms with Gasteiger partial charge in [-0.25, -0.2) is 4.98 Å². The third-order valence-electron chi connectivity index (χ3n) is 2.83. The molecule has 84 valence electrons. The van der Waals surface area contributed by atoms with Crippen molar-refractivity contribution in [1.29, 1.82) is 0 Å². The van der Waals surface area contributed by atoms with Crippen molar-refractivity contribution < 1.29 is 0 Å². The van der Waals surface area contributed by atoms with Crippen molar-refractivity contribution in [1.82, 2.24) is 4.98 Å². The maximum atomic E-state index is 6.12. The Morgan fingerprint density at radius 1 is 1.44 bits per heavy atom. The van der Waals surface area contributed by atoms with Gasteiger partial charge in [-0.2, -0.15) is 11.8 Å². The average molecular weight is 251 g/mol. The molecule has 0 spiro atoms. The predicted molar refractivity (Wildman–Crippen MR) is 73.4 cm³/mol. The zero-order valence-electron chi connectivity index (χ0n) is 8.77. The molecule has 1 aliphatic heterocycles. The Kier molecular flexibility index (Phi) is 2.65. The van der Waals surface area contributed by atoms with E-state index in [0.717, 1.165) is 21.6 Å². The highest BCUT2D eigenvalue weighted by molar-refractivity contribution is 7.99. The zero-order chi connectivity index (χ0) is 11.0. The summed E-state index contributed by atoms with van der Waals surface area (Å²) in [7, 11) is 0. The summed E-state index contributed by atoms with van der Waals surface area (Å²) in [4.78, 5) is 4.30. The van der Waals surface area contributed by atoms with Gasteiger partial charge in [-0.3, -0.25) is 0 Å². The number of thiazole rings is 1. The van der Waals surface area contributed by atoms with E-state index in [1.54, 1.807) is 11.3 Å². The maximum Gasteiger partial charge on any atom is 0.106 e. The molecule has 3 rings (SSSR count). The molecule has 1 aromatic heterocycles. The molecule has 2 aromatic rings. The van der Waals surface area contributed by atoms with Crippen molar-refractivity contribution in [3.63, 3.8) is 0 Å². The topological polar surface area (TPSA) is 50.9 Å². The Bertz CT molecular complexity index is 503. The molecular weight excluding hydrogens is 238 g/mol. The van der Waals surface area contributed by atoms with Crippen molar-refractivity contribution in [3.8, 4) is 0 Å². The molecule has 0 radical (unpaired) electrons. The molecule has 0 bridgehead atoms. The summed E-state index contributed by atoms with van der Waals surface area (Å²) < 4.78 is 1.16. The number of aromatic nitrogens is 1. The van der Waals surface area contributed by atoms with Crippen LogP contribution in [0.5, 0.6) is 0 Å². The number of hydrogen-bond donors (Lipinski definition) is 2. The summed E-state index contributed by atoms with van der Waals surface area (Å²) in [6.45, 7) is 0. The lowest BCUT2D eigenvalue weighted by Crippen LogP contribution is -2.18. The minimum absolute atomic E-state index is 0.559. The van der Waals surface area contributed by atoms with Crippen molar-refractivity contribution in [3.05, 3.63) is 17.6 Å². The lowest BCUT2D eigenvalue weighted by Gasteiger charge is -2.14. The molecule has 5 heteroatoms. The second-order valence-electron chi connectivity index (χ2n) is 3.93. The van der Waals surface area contributed by atoms with E-state index >= 15 is 0 Å². The van der Waals surface area contributed by atoms with Crippen LogP contribution in [-0.2, 0) is 0 Å². The number of hydrogen-bond acceptors (Lipinski definition) is 5. The van der Waals surface area contributed by atoms with Gasteiger partial charge in [0.15, 0.2) is 0 Å². The van der Waals surface area contributed by atoms with Gasteiger partial charge in [-0.15, -0.1) is 11.3 Å². The number of nitrogens with one attached hydrogen (secondary N) is 1. The summed E-state index contributed by atoms with van der Waals surface area (Å²) >= 11 is 3.63. The summed E-state index contributed by atoms with van der Waals surface area (Å²) in [5.41, 5.74) is 10.7. The second-order valence-corrected chi connectivity index (χ2v) is 5.97. The van der Waals surface area contributed by atoms with Crippen LogP contribution in [0.3, 0.4) is 0 Å². The summed E-state index contributed by atoms with van der Waals surface area (Å²) in [6, 6.07) is 4.72. The molecule has 0 saturated carbocycles. The fraction of sp³-hybridized carbons (Fsp3) is 0.364. The molecule has 1 aromatic carbocycles. The summed E-state index contributed by atoms with van der Waals surface area (Å²) in [5, 5.41) is 3.51.